The smallest absolute Gasteiger partial charge is 0.0481 e. The number of para-hydroxylation sites is 1. The summed E-state index contributed by atoms with van der Waals surface area (Å²) in [6.07, 6.45) is 4.07. The van der Waals surface area contributed by atoms with E-state index in [0.29, 0.717) is 6.04 Å². The molecular weight excluding hydrogens is 224 g/mol. The highest BCUT2D eigenvalue weighted by Crippen LogP contribution is 2.20. The van der Waals surface area contributed by atoms with Crippen LogP contribution in [0.4, 0.5) is 0 Å². The minimum Gasteiger partial charge on any atom is -0.396 e. The van der Waals surface area contributed by atoms with Gasteiger partial charge in [0.25, 0.3) is 0 Å². The molecule has 1 aromatic heterocycles. The Labute approximate surface area is 108 Å². The first-order valence-corrected chi connectivity index (χ1v) is 6.59. The van der Waals surface area contributed by atoms with Gasteiger partial charge < -0.3 is 15.0 Å². The van der Waals surface area contributed by atoms with Crippen molar-refractivity contribution in [1.82, 2.24) is 9.88 Å². The van der Waals surface area contributed by atoms with Crippen LogP contribution in [-0.4, -0.2) is 22.3 Å². The quantitative estimate of drug-likeness (QED) is 0.821. The number of aromatic nitrogens is 1. The molecule has 0 aliphatic rings. The van der Waals surface area contributed by atoms with Gasteiger partial charge in [0.05, 0.1) is 0 Å². The standard InChI is InChI=1S/C15H22N2O/c1-12(6-5-9-18)16-10-13-11-17(2)15-8-4-3-7-14(13)15/h3-4,7-8,11-12,16,18H,5-6,9-10H2,1-2H3. The predicted octanol–water partition coefficient (Wildman–Crippen LogP) is 2.43. The zero-order chi connectivity index (χ0) is 13.0. The fourth-order valence-electron chi connectivity index (χ4n) is 2.35. The van der Waals surface area contributed by atoms with Crippen molar-refractivity contribution >= 4 is 10.9 Å². The van der Waals surface area contributed by atoms with Gasteiger partial charge in [0, 0.05) is 43.3 Å². The molecule has 0 bridgehead atoms. The maximum absolute atomic E-state index is 8.81. The van der Waals surface area contributed by atoms with Crippen LogP contribution in [0.2, 0.25) is 0 Å². The van der Waals surface area contributed by atoms with Crippen molar-refractivity contribution in [3.63, 3.8) is 0 Å². The van der Waals surface area contributed by atoms with Crippen molar-refractivity contribution in [3.8, 4) is 0 Å². The third-order valence-corrected chi connectivity index (χ3v) is 3.42. The average molecular weight is 246 g/mol. The van der Waals surface area contributed by atoms with E-state index in [0.717, 1.165) is 19.4 Å². The summed E-state index contributed by atoms with van der Waals surface area (Å²) in [6.45, 7) is 3.33. The van der Waals surface area contributed by atoms with E-state index in [1.807, 2.05) is 0 Å². The van der Waals surface area contributed by atoms with E-state index in [1.54, 1.807) is 0 Å². The van der Waals surface area contributed by atoms with Crippen LogP contribution in [-0.2, 0) is 13.6 Å². The molecule has 0 amide bonds. The molecule has 1 atom stereocenters. The summed E-state index contributed by atoms with van der Waals surface area (Å²) in [4.78, 5) is 0. The molecule has 2 aromatic rings. The van der Waals surface area contributed by atoms with Gasteiger partial charge >= 0.3 is 0 Å². The van der Waals surface area contributed by atoms with Crippen LogP contribution in [0.5, 0.6) is 0 Å². The first kappa shape index (κ1) is 13.1. The predicted molar refractivity (Wildman–Crippen MR) is 75.5 cm³/mol. The average Bonchev–Trinajstić information content (AvgIpc) is 2.71. The molecule has 2 N–H and O–H groups in total. The monoisotopic (exact) mass is 246 g/mol. The van der Waals surface area contributed by atoms with Gasteiger partial charge in [0.15, 0.2) is 0 Å². The number of aliphatic hydroxyl groups is 1. The second-order valence-electron chi connectivity index (χ2n) is 4.93. The SMILES string of the molecule is CC(CCCO)NCc1cn(C)c2ccccc12. The lowest BCUT2D eigenvalue weighted by molar-refractivity contribution is 0.276. The lowest BCUT2D eigenvalue weighted by atomic mass is 10.1. The van der Waals surface area contributed by atoms with E-state index in [2.05, 4.69) is 54.3 Å². The van der Waals surface area contributed by atoms with Crippen molar-refractivity contribution in [1.29, 1.82) is 0 Å². The molecule has 3 nitrogen and oxygen atoms in total. The molecule has 1 aromatic carbocycles. The second-order valence-corrected chi connectivity index (χ2v) is 4.93. The minimum atomic E-state index is 0.278. The van der Waals surface area contributed by atoms with Gasteiger partial charge in [-0.2, -0.15) is 0 Å². The zero-order valence-corrected chi connectivity index (χ0v) is 11.2. The summed E-state index contributed by atoms with van der Waals surface area (Å²) in [5, 5.41) is 13.6. The van der Waals surface area contributed by atoms with Gasteiger partial charge in [-0.3, -0.25) is 0 Å². The lowest BCUT2D eigenvalue weighted by Gasteiger charge is -2.12. The van der Waals surface area contributed by atoms with E-state index in [-0.39, 0.29) is 6.61 Å². The number of fused-ring (bicyclic) bond motifs is 1. The van der Waals surface area contributed by atoms with Crippen LogP contribution >= 0.6 is 0 Å². The Morgan fingerprint density at radius 3 is 2.89 bits per heavy atom. The van der Waals surface area contributed by atoms with Gasteiger partial charge in [-0.15, -0.1) is 0 Å². The van der Waals surface area contributed by atoms with E-state index in [4.69, 9.17) is 5.11 Å². The molecule has 98 valence electrons. The molecule has 1 heterocycles. The number of hydrogen-bond donors (Lipinski definition) is 2. The van der Waals surface area contributed by atoms with Crippen molar-refractivity contribution in [3.05, 3.63) is 36.0 Å². The largest absolute Gasteiger partial charge is 0.396 e. The van der Waals surface area contributed by atoms with Crippen molar-refractivity contribution < 1.29 is 5.11 Å². The Hall–Kier alpha value is -1.32. The van der Waals surface area contributed by atoms with E-state index < -0.39 is 0 Å². The van der Waals surface area contributed by atoms with Crippen molar-refractivity contribution in [2.45, 2.75) is 32.4 Å². The van der Waals surface area contributed by atoms with E-state index >= 15 is 0 Å². The number of aliphatic hydroxyl groups excluding tert-OH is 1. The molecule has 0 aliphatic heterocycles. The molecule has 0 fully saturated rings. The number of aryl methyl sites for hydroxylation is 1. The van der Waals surface area contributed by atoms with Gasteiger partial charge in [0.2, 0.25) is 0 Å². The molecule has 0 aliphatic carbocycles. The molecular formula is C15H22N2O. The summed E-state index contributed by atoms with van der Waals surface area (Å²) in [7, 11) is 2.08. The lowest BCUT2D eigenvalue weighted by Crippen LogP contribution is -2.25. The van der Waals surface area contributed by atoms with Crippen molar-refractivity contribution in [2.75, 3.05) is 6.61 Å². The van der Waals surface area contributed by atoms with Gasteiger partial charge in [-0.05, 0) is 31.4 Å². The number of nitrogens with one attached hydrogen (secondary N) is 1. The maximum atomic E-state index is 8.81. The summed E-state index contributed by atoms with van der Waals surface area (Å²) in [5.74, 6) is 0. The van der Waals surface area contributed by atoms with Crippen LogP contribution in [0, 0.1) is 0 Å². The molecule has 0 saturated carbocycles. The molecule has 2 rings (SSSR count). The third kappa shape index (κ3) is 2.92. The summed E-state index contributed by atoms with van der Waals surface area (Å²) < 4.78 is 2.17. The number of benzene rings is 1. The summed E-state index contributed by atoms with van der Waals surface area (Å²) in [5.41, 5.74) is 2.61. The summed E-state index contributed by atoms with van der Waals surface area (Å²) >= 11 is 0. The van der Waals surface area contributed by atoms with Gasteiger partial charge in [0.1, 0.15) is 0 Å². The first-order chi connectivity index (χ1) is 8.72. The highest BCUT2D eigenvalue weighted by atomic mass is 16.2. The Bertz CT molecular complexity index is 504. The number of hydrogen-bond acceptors (Lipinski definition) is 2. The van der Waals surface area contributed by atoms with Crippen LogP contribution in [0.3, 0.4) is 0 Å². The highest BCUT2D eigenvalue weighted by molar-refractivity contribution is 5.83. The summed E-state index contributed by atoms with van der Waals surface area (Å²) in [6, 6.07) is 8.92. The Balaban J connectivity index is 2.03. The van der Waals surface area contributed by atoms with E-state index in [9.17, 15) is 0 Å². The van der Waals surface area contributed by atoms with Crippen molar-refractivity contribution in [2.24, 2.45) is 7.05 Å². The first-order valence-electron chi connectivity index (χ1n) is 6.59. The highest BCUT2D eigenvalue weighted by Gasteiger charge is 2.07. The molecule has 18 heavy (non-hydrogen) atoms. The maximum Gasteiger partial charge on any atom is 0.0481 e. The molecule has 0 radical (unpaired) electrons. The van der Waals surface area contributed by atoms with Gasteiger partial charge in [-0.25, -0.2) is 0 Å². The molecule has 0 saturated heterocycles. The normalized spacial score (nSPS) is 13.1. The van der Waals surface area contributed by atoms with Crippen LogP contribution in [0.1, 0.15) is 25.3 Å². The topological polar surface area (TPSA) is 37.2 Å². The van der Waals surface area contributed by atoms with E-state index in [1.165, 1.54) is 16.5 Å². The molecule has 0 spiro atoms. The van der Waals surface area contributed by atoms with Gasteiger partial charge in [-0.1, -0.05) is 18.2 Å². The molecule has 1 unspecified atom stereocenters. The molecule has 3 heteroatoms. The van der Waals surface area contributed by atoms with Crippen LogP contribution in [0.25, 0.3) is 10.9 Å². The minimum absolute atomic E-state index is 0.278. The number of rotatable bonds is 6. The van der Waals surface area contributed by atoms with Crippen LogP contribution in [0.15, 0.2) is 30.5 Å². The Morgan fingerprint density at radius 2 is 2.11 bits per heavy atom. The fraction of sp³-hybridized carbons (Fsp3) is 0.467. The number of nitrogens with zero attached hydrogens (tertiary/aromatic N) is 1. The third-order valence-electron chi connectivity index (χ3n) is 3.42. The zero-order valence-electron chi connectivity index (χ0n) is 11.2. The fourth-order valence-corrected chi connectivity index (χ4v) is 2.35. The van der Waals surface area contributed by atoms with Crippen LogP contribution < -0.4 is 5.32 Å². The second kappa shape index (κ2) is 6.03. The Morgan fingerprint density at radius 1 is 1.33 bits per heavy atom. The Kier molecular flexibility index (Phi) is 4.39.